The zero-order chi connectivity index (χ0) is 6.85. The van der Waals surface area contributed by atoms with Gasteiger partial charge >= 0.3 is 5.97 Å². The lowest BCUT2D eigenvalue weighted by molar-refractivity contribution is -0.147. The predicted octanol–water partition coefficient (Wildman–Crippen LogP) is -0.890. The molecular formula is C4H6O5. The van der Waals surface area contributed by atoms with Crippen molar-refractivity contribution in [2.24, 2.45) is 0 Å². The second-order valence-electron chi connectivity index (χ2n) is 1.71. The highest BCUT2D eigenvalue weighted by atomic mass is 17.4. The molecule has 0 amide bonds. The first kappa shape index (κ1) is 6.47. The Balaban J connectivity index is 2.16. The number of aliphatic hydroxyl groups is 1. The van der Waals surface area contributed by atoms with Gasteiger partial charge in [-0.05, 0) is 0 Å². The van der Waals surface area contributed by atoms with Crippen LogP contribution in [0.4, 0.5) is 0 Å². The molecule has 1 heterocycles. The molecule has 1 fully saturated rings. The first-order chi connectivity index (χ1) is 4.20. The van der Waals surface area contributed by atoms with Gasteiger partial charge in [-0.2, -0.15) is 9.78 Å². The maximum Gasteiger partial charge on any atom is 0.332 e. The summed E-state index contributed by atoms with van der Waals surface area (Å²) in [6, 6.07) is 0. The van der Waals surface area contributed by atoms with Gasteiger partial charge < -0.3 is 10.2 Å². The largest absolute Gasteiger partial charge is 0.479 e. The van der Waals surface area contributed by atoms with Crippen molar-refractivity contribution < 1.29 is 24.8 Å². The van der Waals surface area contributed by atoms with Crippen LogP contribution in [0.2, 0.25) is 0 Å². The van der Waals surface area contributed by atoms with Crippen molar-refractivity contribution in [2.45, 2.75) is 18.8 Å². The summed E-state index contributed by atoms with van der Waals surface area (Å²) in [4.78, 5) is 18.3. The molecule has 0 aromatic rings. The minimum Gasteiger partial charge on any atom is -0.479 e. The molecule has 0 aromatic carbocycles. The summed E-state index contributed by atoms with van der Waals surface area (Å²) in [6.07, 6.45) is -1.90. The Hall–Kier alpha value is -0.650. The topological polar surface area (TPSA) is 82.6 Å². The van der Waals surface area contributed by atoms with Crippen molar-refractivity contribution in [1.82, 2.24) is 0 Å². The van der Waals surface area contributed by atoms with Crippen LogP contribution in [0, 0.1) is 0 Å². The highest BCUT2D eigenvalue weighted by Gasteiger charge is 2.31. The second-order valence-corrected chi connectivity index (χ2v) is 1.71. The zero-order valence-corrected chi connectivity index (χ0v) is 4.48. The molecule has 5 nitrogen and oxygen atoms in total. The average Bonchev–Trinajstić information content (AvgIpc) is 2.50. The highest BCUT2D eigenvalue weighted by Crippen LogP contribution is 2.17. The van der Waals surface area contributed by atoms with E-state index in [0.29, 0.717) is 0 Å². The van der Waals surface area contributed by atoms with Crippen LogP contribution < -0.4 is 0 Å². The van der Waals surface area contributed by atoms with E-state index < -0.39 is 18.4 Å². The molecule has 0 aromatic heterocycles. The molecule has 1 aliphatic heterocycles. The molecule has 1 saturated heterocycles. The SMILES string of the molecule is O=C(O)C(O)CC1OO1. The lowest BCUT2D eigenvalue weighted by Crippen LogP contribution is -2.20. The fourth-order valence-electron chi connectivity index (χ4n) is 0.401. The molecule has 2 N–H and O–H groups in total. The minimum atomic E-state index is -1.38. The maximum absolute atomic E-state index is 9.90. The number of rotatable bonds is 3. The lowest BCUT2D eigenvalue weighted by Gasteiger charge is -1.97. The molecule has 0 radical (unpaired) electrons. The van der Waals surface area contributed by atoms with Crippen LogP contribution in [0.5, 0.6) is 0 Å². The quantitative estimate of drug-likeness (QED) is 0.386. The van der Waals surface area contributed by atoms with Crippen LogP contribution in [0.3, 0.4) is 0 Å². The van der Waals surface area contributed by atoms with Crippen molar-refractivity contribution in [1.29, 1.82) is 0 Å². The van der Waals surface area contributed by atoms with Crippen LogP contribution in [0.1, 0.15) is 6.42 Å². The summed E-state index contributed by atoms with van der Waals surface area (Å²) in [5, 5.41) is 16.7. The lowest BCUT2D eigenvalue weighted by atomic mass is 10.2. The van der Waals surface area contributed by atoms with Gasteiger partial charge in [-0.25, -0.2) is 4.79 Å². The third-order valence-electron chi connectivity index (χ3n) is 0.933. The number of hydrogen-bond donors (Lipinski definition) is 2. The molecule has 0 bridgehead atoms. The molecule has 52 valence electrons. The molecule has 0 spiro atoms. The van der Waals surface area contributed by atoms with Gasteiger partial charge in [0.05, 0.1) is 0 Å². The van der Waals surface area contributed by atoms with Crippen molar-refractivity contribution >= 4 is 5.97 Å². The van der Waals surface area contributed by atoms with Crippen molar-refractivity contribution in [3.05, 3.63) is 0 Å². The van der Waals surface area contributed by atoms with Gasteiger partial charge in [-0.15, -0.1) is 0 Å². The Morgan fingerprint density at radius 1 is 1.67 bits per heavy atom. The molecule has 1 atom stereocenters. The van der Waals surface area contributed by atoms with E-state index >= 15 is 0 Å². The number of aliphatic hydroxyl groups excluding tert-OH is 1. The zero-order valence-electron chi connectivity index (χ0n) is 4.48. The Morgan fingerprint density at radius 2 is 2.22 bits per heavy atom. The molecule has 1 aliphatic rings. The van der Waals surface area contributed by atoms with Crippen molar-refractivity contribution in [3.63, 3.8) is 0 Å². The first-order valence-corrected chi connectivity index (χ1v) is 2.43. The number of carbonyl (C=O) groups is 1. The Labute approximate surface area is 50.7 Å². The van der Waals surface area contributed by atoms with E-state index in [1.807, 2.05) is 0 Å². The third kappa shape index (κ3) is 1.96. The van der Waals surface area contributed by atoms with E-state index in [0.717, 1.165) is 0 Å². The molecule has 9 heavy (non-hydrogen) atoms. The van der Waals surface area contributed by atoms with Crippen LogP contribution in [0.25, 0.3) is 0 Å². The van der Waals surface area contributed by atoms with Gasteiger partial charge in [0, 0.05) is 6.42 Å². The molecule has 5 heteroatoms. The average molecular weight is 134 g/mol. The second kappa shape index (κ2) is 2.30. The Kier molecular flexibility index (Phi) is 1.65. The molecule has 0 saturated carbocycles. The normalized spacial score (nSPS) is 21.4. The summed E-state index contributed by atoms with van der Waals surface area (Å²) in [6.45, 7) is 0. The standard InChI is InChI=1S/C4H6O5/c5-2(4(6)7)1-3-8-9-3/h2-3,5H,1H2,(H,6,7). The van der Waals surface area contributed by atoms with Crippen molar-refractivity contribution in [2.75, 3.05) is 0 Å². The van der Waals surface area contributed by atoms with Gasteiger partial charge in [0.2, 0.25) is 6.29 Å². The molecule has 0 aliphatic carbocycles. The first-order valence-electron chi connectivity index (χ1n) is 2.43. The van der Waals surface area contributed by atoms with Gasteiger partial charge in [0.15, 0.2) is 6.10 Å². The number of aliphatic carboxylic acids is 1. The van der Waals surface area contributed by atoms with E-state index in [9.17, 15) is 4.79 Å². The molecule has 1 rings (SSSR count). The highest BCUT2D eigenvalue weighted by molar-refractivity contribution is 5.71. The monoisotopic (exact) mass is 134 g/mol. The van der Waals surface area contributed by atoms with Crippen LogP contribution in [-0.2, 0) is 14.6 Å². The summed E-state index contributed by atoms with van der Waals surface area (Å²) in [7, 11) is 0. The predicted molar refractivity (Wildman–Crippen MR) is 24.2 cm³/mol. The van der Waals surface area contributed by atoms with Crippen LogP contribution >= 0.6 is 0 Å². The summed E-state index contributed by atoms with van der Waals surface area (Å²) in [5.41, 5.74) is 0. The maximum atomic E-state index is 9.90. The third-order valence-corrected chi connectivity index (χ3v) is 0.933. The van der Waals surface area contributed by atoms with E-state index in [1.54, 1.807) is 0 Å². The van der Waals surface area contributed by atoms with E-state index in [4.69, 9.17) is 10.2 Å². The van der Waals surface area contributed by atoms with Gasteiger partial charge in [-0.3, -0.25) is 0 Å². The fourth-order valence-corrected chi connectivity index (χ4v) is 0.401. The molecule has 1 unspecified atom stereocenters. The smallest absolute Gasteiger partial charge is 0.332 e. The number of carboxylic acids is 1. The Morgan fingerprint density at radius 3 is 2.56 bits per heavy atom. The number of hydrogen-bond acceptors (Lipinski definition) is 4. The van der Waals surface area contributed by atoms with E-state index in [1.165, 1.54) is 0 Å². The fraction of sp³-hybridized carbons (Fsp3) is 0.750. The van der Waals surface area contributed by atoms with Gasteiger partial charge in [-0.1, -0.05) is 0 Å². The van der Waals surface area contributed by atoms with Gasteiger partial charge in [0.1, 0.15) is 0 Å². The van der Waals surface area contributed by atoms with Gasteiger partial charge in [0.25, 0.3) is 0 Å². The summed E-state index contributed by atoms with van der Waals surface area (Å²) < 4.78 is 0. The minimum absolute atomic E-state index is 0.00463. The molecular weight excluding hydrogens is 128 g/mol. The van der Waals surface area contributed by atoms with Crippen molar-refractivity contribution in [3.8, 4) is 0 Å². The van der Waals surface area contributed by atoms with E-state index in [2.05, 4.69) is 9.78 Å². The number of carboxylic acid groups (broad SMARTS) is 1. The van der Waals surface area contributed by atoms with Crippen LogP contribution in [-0.4, -0.2) is 28.6 Å². The van der Waals surface area contributed by atoms with Crippen LogP contribution in [0.15, 0.2) is 0 Å². The summed E-state index contributed by atoms with van der Waals surface area (Å²) >= 11 is 0. The summed E-state index contributed by atoms with van der Waals surface area (Å²) in [5.74, 6) is -1.26. The van der Waals surface area contributed by atoms with E-state index in [-0.39, 0.29) is 6.42 Å². The Bertz CT molecular complexity index is 118.